The van der Waals surface area contributed by atoms with Crippen LogP contribution in [0.15, 0.2) is 73.2 Å². The lowest BCUT2D eigenvalue weighted by Gasteiger charge is -2.35. The highest BCUT2D eigenvalue weighted by atomic mass is 16.3. The maximum Gasteiger partial charge on any atom is 0.254 e. The summed E-state index contributed by atoms with van der Waals surface area (Å²) in [6.45, 7) is 3.49. The van der Waals surface area contributed by atoms with Gasteiger partial charge in [-0.25, -0.2) is 0 Å². The predicted octanol–water partition coefficient (Wildman–Crippen LogP) is 3.93. The molecule has 2 fully saturated rings. The fraction of sp³-hybridized carbons (Fsp3) is 0.344. The summed E-state index contributed by atoms with van der Waals surface area (Å²) < 4.78 is 2.18. The molecule has 6 heterocycles. The third-order valence-electron chi connectivity index (χ3n) is 8.78. The second-order valence-electron chi connectivity index (χ2n) is 11.3. The van der Waals surface area contributed by atoms with Gasteiger partial charge < -0.3 is 19.7 Å². The van der Waals surface area contributed by atoms with Gasteiger partial charge in [-0.2, -0.15) is 0 Å². The number of pyridine rings is 2. The minimum atomic E-state index is -1.01. The summed E-state index contributed by atoms with van der Waals surface area (Å²) in [5.74, 6) is 0.254. The Labute approximate surface area is 233 Å². The Morgan fingerprint density at radius 3 is 2.67 bits per heavy atom. The Balaban J connectivity index is 0.985. The average molecular weight is 536 g/mol. The van der Waals surface area contributed by atoms with Gasteiger partial charge in [0.15, 0.2) is 0 Å². The number of amides is 2. The van der Waals surface area contributed by atoms with Crippen molar-refractivity contribution in [3.8, 4) is 11.3 Å². The molecule has 2 N–H and O–H groups in total. The van der Waals surface area contributed by atoms with Crippen LogP contribution < -0.4 is 5.32 Å². The van der Waals surface area contributed by atoms with Crippen molar-refractivity contribution >= 4 is 17.3 Å². The van der Waals surface area contributed by atoms with Gasteiger partial charge in [-0.05, 0) is 91.4 Å². The molecule has 0 bridgehead atoms. The first-order valence-corrected chi connectivity index (χ1v) is 14.2. The van der Waals surface area contributed by atoms with E-state index in [2.05, 4.69) is 62.3 Å². The largest absolute Gasteiger partial charge is 0.372 e. The number of carbonyl (C=O) groups is 2. The number of hydrogen-bond donors (Lipinski definition) is 2. The van der Waals surface area contributed by atoms with E-state index in [1.54, 1.807) is 4.90 Å². The van der Waals surface area contributed by atoms with E-state index in [0.717, 1.165) is 54.9 Å². The number of nitrogens with zero attached hydrogens (tertiary/aromatic N) is 4. The maximum absolute atomic E-state index is 13.1. The lowest BCUT2D eigenvalue weighted by atomic mass is 9.88. The zero-order chi connectivity index (χ0) is 27.2. The number of aliphatic hydroxyl groups is 1. The van der Waals surface area contributed by atoms with Gasteiger partial charge in [0.1, 0.15) is 6.23 Å². The van der Waals surface area contributed by atoms with Gasteiger partial charge in [0.05, 0.1) is 11.7 Å². The summed E-state index contributed by atoms with van der Waals surface area (Å²) in [6.07, 6.45) is 8.14. The van der Waals surface area contributed by atoms with Crippen LogP contribution in [0.25, 0.3) is 16.8 Å². The SMILES string of the molecule is O=C1CCC(N2Cc3cc(C4CCN(Cc5cc6cc(-c7ccccn7)ccn6c5)CC4)ccc3C2=O)C(O)N1. The number of rotatable bonds is 5. The van der Waals surface area contributed by atoms with Crippen LogP contribution in [0.4, 0.5) is 0 Å². The van der Waals surface area contributed by atoms with Gasteiger partial charge in [0.2, 0.25) is 5.91 Å². The van der Waals surface area contributed by atoms with E-state index in [9.17, 15) is 14.7 Å². The van der Waals surface area contributed by atoms with E-state index < -0.39 is 6.23 Å². The van der Waals surface area contributed by atoms with Crippen LogP contribution in [-0.4, -0.2) is 61.5 Å². The molecule has 2 unspecified atom stereocenters. The second-order valence-corrected chi connectivity index (χ2v) is 11.3. The highest BCUT2D eigenvalue weighted by molar-refractivity contribution is 5.98. The number of aliphatic hydroxyl groups excluding tert-OH is 1. The van der Waals surface area contributed by atoms with Crippen molar-refractivity contribution in [1.82, 2.24) is 24.5 Å². The molecule has 2 saturated heterocycles. The Bertz CT molecular complexity index is 1570. The molecule has 0 aliphatic carbocycles. The van der Waals surface area contributed by atoms with E-state index >= 15 is 0 Å². The molecular weight excluding hydrogens is 502 g/mol. The summed E-state index contributed by atoms with van der Waals surface area (Å²) in [7, 11) is 0. The molecule has 2 amide bonds. The molecule has 0 spiro atoms. The van der Waals surface area contributed by atoms with Crippen molar-refractivity contribution < 1.29 is 14.7 Å². The number of hydrogen-bond acceptors (Lipinski definition) is 5. The van der Waals surface area contributed by atoms with Gasteiger partial charge in [-0.1, -0.05) is 18.2 Å². The lowest BCUT2D eigenvalue weighted by molar-refractivity contribution is -0.129. The first-order valence-electron chi connectivity index (χ1n) is 14.2. The Kier molecular flexibility index (Phi) is 6.37. The average Bonchev–Trinajstić information content (AvgIpc) is 3.53. The van der Waals surface area contributed by atoms with E-state index in [-0.39, 0.29) is 17.9 Å². The van der Waals surface area contributed by atoms with Crippen LogP contribution >= 0.6 is 0 Å². The van der Waals surface area contributed by atoms with Gasteiger partial charge in [-0.15, -0.1) is 0 Å². The first-order chi connectivity index (χ1) is 19.5. The Morgan fingerprint density at radius 2 is 1.88 bits per heavy atom. The van der Waals surface area contributed by atoms with Gasteiger partial charge >= 0.3 is 0 Å². The normalized spacial score (nSPS) is 22.1. The quantitative estimate of drug-likeness (QED) is 0.404. The second kappa shape index (κ2) is 10.2. The molecule has 8 heteroatoms. The highest BCUT2D eigenvalue weighted by Crippen LogP contribution is 2.34. The molecule has 8 nitrogen and oxygen atoms in total. The smallest absolute Gasteiger partial charge is 0.254 e. The molecule has 2 atom stereocenters. The van der Waals surface area contributed by atoms with Crippen LogP contribution in [0.1, 0.15) is 58.6 Å². The van der Waals surface area contributed by atoms with Crippen LogP contribution in [-0.2, 0) is 17.9 Å². The number of aromatic nitrogens is 2. The topological polar surface area (TPSA) is 90.2 Å². The van der Waals surface area contributed by atoms with Crippen LogP contribution in [0, 0.1) is 0 Å². The summed E-state index contributed by atoms with van der Waals surface area (Å²) in [4.78, 5) is 33.4. The van der Waals surface area contributed by atoms with E-state index in [1.807, 2.05) is 30.5 Å². The molecule has 0 saturated carbocycles. The molecule has 3 aliphatic rings. The Morgan fingerprint density at radius 1 is 1.00 bits per heavy atom. The summed E-state index contributed by atoms with van der Waals surface area (Å²) in [5, 5.41) is 12.9. The van der Waals surface area contributed by atoms with Crippen LogP contribution in [0.3, 0.4) is 0 Å². The number of benzene rings is 1. The molecule has 40 heavy (non-hydrogen) atoms. The monoisotopic (exact) mass is 535 g/mol. The molecule has 3 aliphatic heterocycles. The van der Waals surface area contributed by atoms with Crippen molar-refractivity contribution in [2.45, 2.75) is 57.0 Å². The van der Waals surface area contributed by atoms with Crippen molar-refractivity contribution in [2.24, 2.45) is 0 Å². The van der Waals surface area contributed by atoms with Gasteiger partial charge in [-0.3, -0.25) is 19.5 Å². The minimum absolute atomic E-state index is 0.0522. The summed E-state index contributed by atoms with van der Waals surface area (Å²) in [6, 6.07) is 18.5. The van der Waals surface area contributed by atoms with Crippen LogP contribution in [0.2, 0.25) is 0 Å². The summed E-state index contributed by atoms with van der Waals surface area (Å²) >= 11 is 0. The number of piperidine rings is 2. The molecule has 7 rings (SSSR count). The van der Waals surface area contributed by atoms with Gasteiger partial charge in [0, 0.05) is 54.7 Å². The molecular formula is C32H33N5O3. The van der Waals surface area contributed by atoms with Gasteiger partial charge in [0.25, 0.3) is 5.91 Å². The van der Waals surface area contributed by atoms with Crippen molar-refractivity contribution in [3.63, 3.8) is 0 Å². The van der Waals surface area contributed by atoms with Crippen molar-refractivity contribution in [3.05, 3.63) is 95.4 Å². The van der Waals surface area contributed by atoms with E-state index in [0.29, 0.717) is 25.3 Å². The van der Waals surface area contributed by atoms with E-state index in [1.165, 1.54) is 16.6 Å². The third kappa shape index (κ3) is 4.67. The molecule has 4 aromatic rings. The minimum Gasteiger partial charge on any atom is -0.372 e. The maximum atomic E-state index is 13.1. The molecule has 3 aromatic heterocycles. The zero-order valence-corrected chi connectivity index (χ0v) is 22.4. The van der Waals surface area contributed by atoms with E-state index in [4.69, 9.17) is 0 Å². The number of likely N-dealkylation sites (tertiary alicyclic amines) is 1. The first kappa shape index (κ1) is 25.0. The number of nitrogens with one attached hydrogen (secondary N) is 1. The predicted molar refractivity (Wildman–Crippen MR) is 151 cm³/mol. The lowest BCUT2D eigenvalue weighted by Crippen LogP contribution is -2.55. The summed E-state index contributed by atoms with van der Waals surface area (Å²) in [5.41, 5.74) is 7.64. The Hall–Kier alpha value is -4.01. The fourth-order valence-electron chi connectivity index (χ4n) is 6.61. The zero-order valence-electron chi connectivity index (χ0n) is 22.4. The van der Waals surface area contributed by atoms with Crippen LogP contribution in [0.5, 0.6) is 0 Å². The molecule has 1 aromatic carbocycles. The van der Waals surface area contributed by atoms with Crippen molar-refractivity contribution in [1.29, 1.82) is 0 Å². The standard InChI is InChI=1S/C32H33N5O3/c38-30-7-6-29(31(39)34-30)37-20-25-16-23(4-5-27(25)32(37)40)22-8-12-35(13-9-22)18-21-15-26-17-24(10-14-36(26)19-21)28-3-1-2-11-33-28/h1-5,10-11,14-17,19,22,29,31,39H,6-9,12-13,18,20H2,(H,34,38). The molecule has 0 radical (unpaired) electrons. The molecule has 204 valence electrons. The third-order valence-corrected chi connectivity index (χ3v) is 8.78. The fourth-order valence-corrected chi connectivity index (χ4v) is 6.61. The number of fused-ring (bicyclic) bond motifs is 2. The van der Waals surface area contributed by atoms with Crippen molar-refractivity contribution in [2.75, 3.05) is 13.1 Å². The number of carbonyl (C=O) groups excluding carboxylic acids is 2. The highest BCUT2D eigenvalue weighted by Gasteiger charge is 2.39.